The highest BCUT2D eigenvalue weighted by Crippen LogP contribution is 2.44. The summed E-state index contributed by atoms with van der Waals surface area (Å²) in [5, 5.41) is 17.1. The van der Waals surface area contributed by atoms with E-state index in [0.29, 0.717) is 12.2 Å². The van der Waals surface area contributed by atoms with E-state index in [-0.39, 0.29) is 11.3 Å². The molecule has 2 unspecified atom stereocenters. The van der Waals surface area contributed by atoms with Crippen molar-refractivity contribution in [1.82, 2.24) is 19.9 Å². The van der Waals surface area contributed by atoms with Crippen LogP contribution in [-0.4, -0.2) is 54.0 Å². The average molecular weight is 268 g/mol. The van der Waals surface area contributed by atoms with Gasteiger partial charge < -0.3 is 10.0 Å². The molecule has 0 bridgehead atoms. The van der Waals surface area contributed by atoms with Crippen LogP contribution >= 0.6 is 11.8 Å². The Balaban J connectivity index is 2.03. The Labute approximate surface area is 107 Å². The molecule has 2 aliphatic rings. The van der Waals surface area contributed by atoms with Gasteiger partial charge in [0.15, 0.2) is 6.04 Å². The number of aliphatic carboxylic acids is 1. The number of nitrogens with zero attached hydrogens (tertiary/aromatic N) is 4. The number of fused-ring (bicyclic) bond motifs is 1. The quantitative estimate of drug-likeness (QED) is 0.744. The summed E-state index contributed by atoms with van der Waals surface area (Å²) in [5.74, 6) is -0.501. The van der Waals surface area contributed by atoms with Crippen LogP contribution in [0.3, 0.4) is 0 Å². The van der Waals surface area contributed by atoms with Crippen LogP contribution in [0.5, 0.6) is 0 Å². The molecule has 96 valence electrons. The minimum atomic E-state index is -0.994. The number of rotatable bonds is 2. The molecule has 2 aliphatic heterocycles. The average Bonchev–Trinajstić information content (AvgIpc) is 2.83. The van der Waals surface area contributed by atoms with Gasteiger partial charge in [-0.3, -0.25) is 4.79 Å². The van der Waals surface area contributed by atoms with Crippen LogP contribution in [0.25, 0.3) is 0 Å². The van der Waals surface area contributed by atoms with Crippen LogP contribution in [-0.2, 0) is 15.1 Å². The molecule has 0 aromatic carbocycles. The molecule has 0 aliphatic carbocycles. The molecule has 8 heteroatoms. The molecule has 0 saturated carbocycles. The van der Waals surface area contributed by atoms with Gasteiger partial charge in [0.2, 0.25) is 5.91 Å². The number of hydrogen-bond acceptors (Lipinski definition) is 5. The molecule has 1 aromatic rings. The third-order valence-electron chi connectivity index (χ3n) is 3.56. The van der Waals surface area contributed by atoms with Crippen molar-refractivity contribution in [2.45, 2.75) is 30.3 Å². The van der Waals surface area contributed by atoms with Crippen molar-refractivity contribution < 1.29 is 14.7 Å². The van der Waals surface area contributed by atoms with Crippen molar-refractivity contribution in [3.63, 3.8) is 0 Å². The highest BCUT2D eigenvalue weighted by Gasteiger charge is 2.57. The number of β-lactam (4-membered cyclic amide) rings is 1. The molecule has 2 saturated heterocycles. The Kier molecular flexibility index (Phi) is 2.37. The van der Waals surface area contributed by atoms with Gasteiger partial charge in [0, 0.05) is 11.9 Å². The lowest BCUT2D eigenvalue weighted by Crippen LogP contribution is -2.70. The minimum absolute atomic E-state index is 0.00445. The summed E-state index contributed by atoms with van der Waals surface area (Å²) in [5.41, 5.74) is -0.764. The molecule has 18 heavy (non-hydrogen) atoms. The van der Waals surface area contributed by atoms with E-state index in [1.807, 2.05) is 0 Å². The molecular weight excluding hydrogens is 256 g/mol. The van der Waals surface area contributed by atoms with E-state index in [1.165, 1.54) is 11.1 Å². The second kappa shape index (κ2) is 3.71. The van der Waals surface area contributed by atoms with E-state index in [4.69, 9.17) is 0 Å². The summed E-state index contributed by atoms with van der Waals surface area (Å²) in [4.78, 5) is 24.6. The van der Waals surface area contributed by atoms with Crippen molar-refractivity contribution in [2.24, 2.45) is 0 Å². The van der Waals surface area contributed by atoms with Gasteiger partial charge in [0.25, 0.3) is 0 Å². The Morgan fingerprint density at radius 2 is 2.44 bits per heavy atom. The first-order valence-electron chi connectivity index (χ1n) is 5.56. The third-order valence-corrected chi connectivity index (χ3v) is 5.09. The fourth-order valence-corrected chi connectivity index (χ4v) is 4.03. The molecular formula is C10H12N4O3S. The number of thioether (sulfide) groups is 1. The monoisotopic (exact) mass is 268 g/mol. The number of carbonyl (C=O) groups is 2. The van der Waals surface area contributed by atoms with E-state index in [1.54, 1.807) is 29.6 Å². The van der Waals surface area contributed by atoms with E-state index in [9.17, 15) is 14.7 Å². The molecule has 7 nitrogen and oxygen atoms in total. The summed E-state index contributed by atoms with van der Waals surface area (Å²) < 4.78 is 1.54. The normalized spacial score (nSPS) is 34.9. The summed E-state index contributed by atoms with van der Waals surface area (Å²) in [6.45, 7) is 1.80. The Bertz CT molecular complexity index is 505. The van der Waals surface area contributed by atoms with Gasteiger partial charge in [-0.15, -0.1) is 16.9 Å². The highest BCUT2D eigenvalue weighted by atomic mass is 32.2. The van der Waals surface area contributed by atoms with E-state index in [0.717, 1.165) is 0 Å². The van der Waals surface area contributed by atoms with Crippen molar-refractivity contribution in [3.05, 3.63) is 12.4 Å². The fraction of sp³-hybridized carbons (Fsp3) is 0.600. The zero-order valence-electron chi connectivity index (χ0n) is 9.68. The van der Waals surface area contributed by atoms with Crippen molar-refractivity contribution in [1.29, 1.82) is 0 Å². The Morgan fingerprint density at radius 3 is 3.00 bits per heavy atom. The lowest BCUT2D eigenvalue weighted by molar-refractivity contribution is -0.164. The van der Waals surface area contributed by atoms with Crippen LogP contribution in [0.4, 0.5) is 0 Å². The maximum Gasteiger partial charge on any atom is 0.329 e. The van der Waals surface area contributed by atoms with Crippen LogP contribution in [0.15, 0.2) is 12.4 Å². The SMILES string of the molecule is CC1(n2ccnn2)CS[C@H]2CC(=O)N2C1C(=O)O. The zero-order chi connectivity index (χ0) is 12.9. The van der Waals surface area contributed by atoms with Crippen LogP contribution in [0, 0.1) is 0 Å². The van der Waals surface area contributed by atoms with Gasteiger partial charge in [0.05, 0.1) is 18.0 Å². The predicted molar refractivity (Wildman–Crippen MR) is 62.8 cm³/mol. The number of aromatic nitrogens is 3. The van der Waals surface area contributed by atoms with Gasteiger partial charge in [-0.2, -0.15) is 0 Å². The van der Waals surface area contributed by atoms with Gasteiger partial charge in [-0.05, 0) is 6.92 Å². The molecule has 1 N–H and O–H groups in total. The second-order valence-corrected chi connectivity index (χ2v) is 5.88. The topological polar surface area (TPSA) is 88.3 Å². The molecule has 3 rings (SSSR count). The zero-order valence-corrected chi connectivity index (χ0v) is 10.5. The van der Waals surface area contributed by atoms with Crippen molar-refractivity contribution in [3.8, 4) is 0 Å². The van der Waals surface area contributed by atoms with E-state index >= 15 is 0 Å². The summed E-state index contributed by atoms with van der Waals surface area (Å²) >= 11 is 1.60. The first kappa shape index (κ1) is 11.5. The molecule has 3 heterocycles. The van der Waals surface area contributed by atoms with Crippen LogP contribution in [0.2, 0.25) is 0 Å². The summed E-state index contributed by atoms with van der Waals surface area (Å²) in [6.07, 6.45) is 3.59. The van der Waals surface area contributed by atoms with Crippen LogP contribution < -0.4 is 0 Å². The molecule has 0 spiro atoms. The summed E-state index contributed by atoms with van der Waals surface area (Å²) in [6, 6.07) is -0.883. The Hall–Kier alpha value is -1.57. The highest BCUT2D eigenvalue weighted by molar-refractivity contribution is 8.00. The van der Waals surface area contributed by atoms with Gasteiger partial charge in [-0.25, -0.2) is 9.48 Å². The number of amides is 1. The number of carboxylic acids is 1. The lowest BCUT2D eigenvalue weighted by atomic mass is 9.89. The first-order valence-corrected chi connectivity index (χ1v) is 6.61. The first-order chi connectivity index (χ1) is 8.54. The maximum atomic E-state index is 11.6. The number of carbonyl (C=O) groups excluding carboxylic acids is 1. The Morgan fingerprint density at radius 1 is 1.67 bits per heavy atom. The second-order valence-electron chi connectivity index (χ2n) is 4.72. The molecule has 1 aromatic heterocycles. The van der Waals surface area contributed by atoms with Crippen molar-refractivity contribution >= 4 is 23.6 Å². The standard InChI is InChI=1S/C10H12N4O3S/c1-10(13-3-2-11-12-13)5-18-7-4-6(15)14(7)8(10)9(16)17/h2-3,7-8H,4-5H2,1H3,(H,16,17)/t7-,8?,10?/m0/s1. The lowest BCUT2D eigenvalue weighted by Gasteiger charge is -2.53. The molecule has 2 fully saturated rings. The van der Waals surface area contributed by atoms with Gasteiger partial charge in [-0.1, -0.05) is 5.21 Å². The molecule has 0 radical (unpaired) electrons. The number of hydrogen-bond donors (Lipinski definition) is 1. The van der Waals surface area contributed by atoms with E-state index < -0.39 is 17.6 Å². The molecule has 3 atom stereocenters. The van der Waals surface area contributed by atoms with E-state index in [2.05, 4.69) is 10.3 Å². The van der Waals surface area contributed by atoms with Crippen molar-refractivity contribution in [2.75, 3.05) is 5.75 Å². The maximum absolute atomic E-state index is 11.6. The van der Waals surface area contributed by atoms with Crippen LogP contribution in [0.1, 0.15) is 13.3 Å². The predicted octanol–water partition coefficient (Wildman–Crippen LogP) is -0.248. The third kappa shape index (κ3) is 1.38. The smallest absolute Gasteiger partial charge is 0.329 e. The van der Waals surface area contributed by atoms with Gasteiger partial charge >= 0.3 is 5.97 Å². The summed E-state index contributed by atoms with van der Waals surface area (Å²) in [7, 11) is 0. The fourth-order valence-electron chi connectivity index (χ4n) is 2.55. The molecule has 1 amide bonds. The minimum Gasteiger partial charge on any atom is -0.480 e. The largest absolute Gasteiger partial charge is 0.480 e. The van der Waals surface area contributed by atoms with Gasteiger partial charge in [0.1, 0.15) is 5.54 Å². The number of carboxylic acid groups (broad SMARTS) is 1.